The molecule has 0 radical (unpaired) electrons. The maximum atomic E-state index is 14.4. The van der Waals surface area contributed by atoms with E-state index in [-0.39, 0.29) is 67.2 Å². The molecule has 0 aliphatic carbocycles. The van der Waals surface area contributed by atoms with Gasteiger partial charge in [0.2, 0.25) is 49.2 Å². The zero-order valence-electron chi connectivity index (χ0n) is 59.1. The minimum Gasteiger partial charge on any atom is -0.399 e. The molecule has 0 saturated carbocycles. The predicted molar refractivity (Wildman–Crippen MR) is 432 cm³/mol. The van der Waals surface area contributed by atoms with Crippen LogP contribution in [0.4, 0.5) is 51.2 Å². The Morgan fingerprint density at radius 1 is 0.288 bits per heavy atom. The molecule has 1 fully saturated rings. The summed E-state index contributed by atoms with van der Waals surface area (Å²) in [4.78, 5) is 33.9. The second-order valence-corrected chi connectivity index (χ2v) is 39.1. The zero-order chi connectivity index (χ0) is 77.6. The van der Waals surface area contributed by atoms with Crippen molar-refractivity contribution >= 4 is 156 Å². The predicted octanol–water partition coefficient (Wildman–Crippen LogP) is 18.8. The Bertz CT molecular complexity index is 6590. The number of halogens is 2. The average Bonchev–Trinajstić information content (AvgIpc) is 1.23. The molecule has 17 nitrogen and oxygen atoms in total. The van der Waals surface area contributed by atoms with Gasteiger partial charge in [-0.3, -0.25) is 9.59 Å². The standard InChI is InChI=1S/C49H30N2O7S3.C24H24BNO4S.C13H6Br2O3S/c52-49-37-29-24-33(31-20-25-34(26-21-31)50-38-11-1-5-15-42(38)59(53,54)43-16-6-2-12-39(43)50)30-47(37)61(57,58)46-19-9-10-36(48(46)49)32-22-27-35(28-23-32)51-40-13-3-7-17-44(40)60(55,56)45-18-8-4-14-41(45)51;1-23(2)24(3,4)30-25(29-23)17-13-15-18(16-14-17)26-19-9-5-7-11-21(19)31(27,28)22-12-8-6-10-20(22)26;14-7-4-5-8-11(6-7)19(17,18)10-3-1-2-9(15)12(10)13(8)16/h1-30H;5-16H,1-4H3;1-6H. The van der Waals surface area contributed by atoms with Crippen molar-refractivity contribution in [2.75, 3.05) is 14.7 Å². The molecule has 0 spiro atoms. The summed E-state index contributed by atoms with van der Waals surface area (Å²) in [6, 6.07) is 83.2. The third kappa shape index (κ3) is 11.8. The van der Waals surface area contributed by atoms with Gasteiger partial charge in [0, 0.05) is 42.7 Å². The summed E-state index contributed by atoms with van der Waals surface area (Å²) in [6.07, 6.45) is 0. The summed E-state index contributed by atoms with van der Waals surface area (Å²) < 4.78 is 148. The Kier molecular flexibility index (Phi) is 17.6. The number of fused-ring (bicyclic) bond motifs is 10. The van der Waals surface area contributed by atoms with Gasteiger partial charge in [0.15, 0.2) is 11.6 Å². The van der Waals surface area contributed by atoms with Crippen LogP contribution in [-0.2, 0) is 58.5 Å². The van der Waals surface area contributed by atoms with Gasteiger partial charge in [0.05, 0.1) is 99.8 Å². The van der Waals surface area contributed by atoms with E-state index in [0.29, 0.717) is 86.5 Å². The van der Waals surface area contributed by atoms with Crippen molar-refractivity contribution in [2.45, 2.75) is 87.9 Å². The molecule has 6 aliphatic rings. The fourth-order valence-electron chi connectivity index (χ4n) is 14.8. The number of sulfone groups is 5. The lowest BCUT2D eigenvalue weighted by molar-refractivity contribution is 0.00578. The van der Waals surface area contributed by atoms with Gasteiger partial charge in [-0.05, 0) is 229 Å². The quantitative estimate of drug-likeness (QED) is 0.141. The van der Waals surface area contributed by atoms with Gasteiger partial charge in [-0.1, -0.05) is 149 Å². The summed E-state index contributed by atoms with van der Waals surface area (Å²) in [6.45, 7) is 8.12. The number of ketones is 2. The highest BCUT2D eigenvalue weighted by molar-refractivity contribution is 9.10. The Balaban J connectivity index is 0.000000147. The zero-order valence-corrected chi connectivity index (χ0v) is 66.4. The molecule has 0 atom stereocenters. The molecular formula is C86H60BBr2N3O14S5. The van der Waals surface area contributed by atoms with Crippen LogP contribution in [0.15, 0.2) is 349 Å². The van der Waals surface area contributed by atoms with Gasteiger partial charge >= 0.3 is 7.12 Å². The number of benzene rings is 13. The van der Waals surface area contributed by atoms with Crippen LogP contribution in [0.3, 0.4) is 0 Å². The monoisotopic (exact) mass is 1690 g/mol. The Labute approximate surface area is 659 Å². The van der Waals surface area contributed by atoms with Gasteiger partial charge < -0.3 is 24.0 Å². The SMILES string of the molecule is CC1(C)OB(c2ccc(N3c4ccccc4S(=O)(=O)c4ccccc43)cc2)OC1(C)C.O=C1c2ccc(-c3ccc(N4c5ccccc5S(=O)(=O)c5ccccc54)cc3)cc2S(=O)(=O)c2cccc(-c3ccc(N4c5ccccc5S(=O)(=O)c5ccccc54)cc3)c21.O=C1c2ccc(Br)cc2S(=O)(=O)c2cccc(Br)c21. The smallest absolute Gasteiger partial charge is 0.399 e. The van der Waals surface area contributed by atoms with Crippen molar-refractivity contribution < 1.29 is 61.0 Å². The second kappa shape index (κ2) is 26.8. The summed E-state index contributed by atoms with van der Waals surface area (Å²) in [5.74, 6) is -0.692. The molecule has 0 bridgehead atoms. The molecule has 6 heterocycles. The number of para-hydroxylation sites is 6. The van der Waals surface area contributed by atoms with Crippen LogP contribution in [-0.4, -0.2) is 72.0 Å². The Morgan fingerprint density at radius 2 is 0.595 bits per heavy atom. The van der Waals surface area contributed by atoms with E-state index in [9.17, 15) is 51.7 Å². The van der Waals surface area contributed by atoms with Crippen LogP contribution in [0.1, 0.15) is 59.5 Å². The van der Waals surface area contributed by atoms with E-state index < -0.39 is 73.3 Å². The van der Waals surface area contributed by atoms with Crippen LogP contribution in [0, 0.1) is 0 Å². The van der Waals surface area contributed by atoms with E-state index in [1.54, 1.807) is 164 Å². The van der Waals surface area contributed by atoms with Gasteiger partial charge in [0.1, 0.15) is 0 Å². The van der Waals surface area contributed by atoms with E-state index in [2.05, 4.69) is 31.9 Å². The molecule has 25 heteroatoms. The summed E-state index contributed by atoms with van der Waals surface area (Å²) in [5.41, 5.74) is 8.68. The van der Waals surface area contributed by atoms with Crippen LogP contribution in [0.25, 0.3) is 22.3 Å². The second-order valence-electron chi connectivity index (χ2n) is 27.9. The Morgan fingerprint density at radius 3 is 1.00 bits per heavy atom. The molecule has 6 aliphatic heterocycles. The molecular weight excluding hydrogens is 1630 g/mol. The number of nitrogens with zero attached hydrogens (tertiary/aromatic N) is 3. The molecule has 550 valence electrons. The molecule has 111 heavy (non-hydrogen) atoms. The minimum absolute atomic E-state index is 0.0532. The number of carbonyl (C=O) groups is 2. The van der Waals surface area contributed by atoms with Crippen molar-refractivity contribution in [2.24, 2.45) is 0 Å². The van der Waals surface area contributed by atoms with Crippen molar-refractivity contribution in [1.82, 2.24) is 0 Å². The van der Waals surface area contributed by atoms with Crippen molar-refractivity contribution in [3.63, 3.8) is 0 Å². The summed E-state index contributed by atoms with van der Waals surface area (Å²) in [5, 5.41) is 0. The van der Waals surface area contributed by atoms with Crippen LogP contribution >= 0.6 is 31.9 Å². The van der Waals surface area contributed by atoms with Gasteiger partial charge in [-0.2, -0.15) is 0 Å². The van der Waals surface area contributed by atoms with E-state index in [1.807, 2.05) is 139 Å². The van der Waals surface area contributed by atoms with Crippen molar-refractivity contribution in [3.8, 4) is 22.3 Å². The number of carbonyl (C=O) groups excluding carboxylic acids is 2. The average molecular weight is 1690 g/mol. The maximum Gasteiger partial charge on any atom is 0.494 e. The van der Waals surface area contributed by atoms with E-state index >= 15 is 0 Å². The summed E-state index contributed by atoms with van der Waals surface area (Å²) >= 11 is 6.48. The van der Waals surface area contributed by atoms with Crippen molar-refractivity contribution in [1.29, 1.82) is 0 Å². The topological polar surface area (TPSA) is 233 Å². The highest BCUT2D eigenvalue weighted by Crippen LogP contribution is 2.53. The molecule has 1 saturated heterocycles. The largest absolute Gasteiger partial charge is 0.494 e. The first-order chi connectivity index (χ1) is 53.0. The first-order valence-electron chi connectivity index (χ1n) is 34.8. The van der Waals surface area contributed by atoms with E-state index in [4.69, 9.17) is 9.31 Å². The number of hydrogen-bond acceptors (Lipinski definition) is 17. The van der Waals surface area contributed by atoms with Gasteiger partial charge in [-0.15, -0.1) is 0 Å². The third-order valence-corrected chi connectivity index (χ3v) is 31.3. The highest BCUT2D eigenvalue weighted by Gasteiger charge is 2.52. The van der Waals surface area contributed by atoms with Crippen LogP contribution in [0.5, 0.6) is 0 Å². The summed E-state index contributed by atoms with van der Waals surface area (Å²) in [7, 11) is -19.3. The van der Waals surface area contributed by atoms with Gasteiger partial charge in [0.25, 0.3) is 0 Å². The number of rotatable bonds is 6. The maximum absolute atomic E-state index is 14.4. The lowest BCUT2D eigenvalue weighted by Crippen LogP contribution is -2.41. The van der Waals surface area contributed by atoms with Crippen LogP contribution < -0.4 is 20.2 Å². The van der Waals surface area contributed by atoms with E-state index in [1.165, 1.54) is 30.3 Å². The lowest BCUT2D eigenvalue weighted by Gasteiger charge is -2.33. The first-order valence-corrected chi connectivity index (χ1v) is 43.8. The number of hydrogen-bond donors (Lipinski definition) is 0. The molecule has 13 aromatic carbocycles. The highest BCUT2D eigenvalue weighted by atomic mass is 79.9. The normalized spacial score (nSPS) is 17.1. The molecule has 13 aromatic rings. The van der Waals surface area contributed by atoms with Crippen molar-refractivity contribution in [3.05, 3.63) is 322 Å². The first kappa shape index (κ1) is 73.1. The molecule has 0 aromatic heterocycles. The lowest BCUT2D eigenvalue weighted by atomic mass is 9.79. The molecule has 19 rings (SSSR count). The molecule has 0 N–H and O–H groups in total. The Hall–Kier alpha value is -10.7. The molecule has 0 amide bonds. The van der Waals surface area contributed by atoms with Crippen LogP contribution in [0.2, 0.25) is 0 Å². The fourth-order valence-corrected chi connectivity index (χ4v) is 24.3. The molecule has 0 unspecified atom stereocenters. The fraction of sp³-hybridized carbons (Fsp3) is 0.0698. The minimum atomic E-state index is -4.15. The van der Waals surface area contributed by atoms with E-state index in [0.717, 1.165) is 11.2 Å². The van der Waals surface area contributed by atoms with Gasteiger partial charge in [-0.25, -0.2) is 42.1 Å². The number of anilines is 9. The third-order valence-electron chi connectivity index (χ3n) is 21.0.